The molecule has 0 aromatic heterocycles. The minimum Gasteiger partial charge on any atom is -0.322 e. The first-order valence-electron chi connectivity index (χ1n) is 10.2. The first-order chi connectivity index (χ1) is 15.0. The second kappa shape index (κ2) is 9.58. The Balaban J connectivity index is 1.48. The Kier molecular flexibility index (Phi) is 6.64. The van der Waals surface area contributed by atoms with E-state index in [1.165, 1.54) is 0 Å². The highest BCUT2D eigenvalue weighted by Crippen LogP contribution is 2.39. The normalized spacial score (nSPS) is 15.9. The van der Waals surface area contributed by atoms with Crippen LogP contribution in [0.5, 0.6) is 0 Å². The summed E-state index contributed by atoms with van der Waals surface area (Å²) in [7, 11) is 0. The van der Waals surface area contributed by atoms with E-state index >= 15 is 0 Å². The predicted molar refractivity (Wildman–Crippen MR) is 127 cm³/mol. The van der Waals surface area contributed by atoms with Gasteiger partial charge in [-0.1, -0.05) is 61.0 Å². The minimum atomic E-state index is -0.138. The van der Waals surface area contributed by atoms with Crippen molar-refractivity contribution in [2.24, 2.45) is 0 Å². The molecule has 3 aromatic rings. The fraction of sp³-hybridized carbons (Fsp3) is 0.200. The molecule has 1 aliphatic rings. The van der Waals surface area contributed by atoms with Crippen LogP contribution in [0.1, 0.15) is 39.3 Å². The van der Waals surface area contributed by atoms with Gasteiger partial charge in [-0.15, -0.1) is 11.8 Å². The summed E-state index contributed by atoms with van der Waals surface area (Å²) < 4.78 is 0. The third-order valence-electron chi connectivity index (χ3n) is 5.34. The van der Waals surface area contributed by atoms with Crippen LogP contribution in [0.4, 0.5) is 5.69 Å². The molecule has 1 N–H and O–H groups in total. The van der Waals surface area contributed by atoms with Gasteiger partial charge < -0.3 is 10.2 Å². The van der Waals surface area contributed by atoms with Crippen molar-refractivity contribution in [1.29, 1.82) is 0 Å². The Morgan fingerprint density at radius 2 is 1.77 bits per heavy atom. The topological polar surface area (TPSA) is 49.4 Å². The lowest BCUT2D eigenvalue weighted by Crippen LogP contribution is -2.27. The highest BCUT2D eigenvalue weighted by molar-refractivity contribution is 8.00. The van der Waals surface area contributed by atoms with Gasteiger partial charge in [0.25, 0.3) is 5.91 Å². The summed E-state index contributed by atoms with van der Waals surface area (Å²) in [5.41, 5.74) is 4.58. The van der Waals surface area contributed by atoms with Gasteiger partial charge in [0.1, 0.15) is 5.37 Å². The van der Waals surface area contributed by atoms with Gasteiger partial charge in [-0.25, -0.2) is 0 Å². The molecule has 0 bridgehead atoms. The van der Waals surface area contributed by atoms with Gasteiger partial charge in [0.2, 0.25) is 5.91 Å². The van der Waals surface area contributed by atoms with Crippen molar-refractivity contribution in [3.63, 3.8) is 0 Å². The number of nitrogens with one attached hydrogen (secondary N) is 1. The Labute approximate surface area is 191 Å². The maximum absolute atomic E-state index is 12.7. The molecule has 158 valence electrons. The number of nitrogens with zero attached hydrogens (tertiary/aromatic N) is 1. The lowest BCUT2D eigenvalue weighted by molar-refractivity contribution is -0.128. The number of benzene rings is 3. The third kappa shape index (κ3) is 4.94. The van der Waals surface area contributed by atoms with Gasteiger partial charge in [0, 0.05) is 22.8 Å². The second-order valence-corrected chi connectivity index (χ2v) is 8.90. The Bertz CT molecular complexity index is 1080. The summed E-state index contributed by atoms with van der Waals surface area (Å²) >= 11 is 7.58. The molecule has 1 saturated heterocycles. The van der Waals surface area contributed by atoms with Crippen LogP contribution in [0.25, 0.3) is 0 Å². The number of hydrogen-bond donors (Lipinski definition) is 1. The summed E-state index contributed by atoms with van der Waals surface area (Å²) in [4.78, 5) is 27.1. The summed E-state index contributed by atoms with van der Waals surface area (Å²) in [6, 6.07) is 22.9. The second-order valence-electron chi connectivity index (χ2n) is 7.40. The zero-order chi connectivity index (χ0) is 21.8. The first kappa shape index (κ1) is 21.5. The zero-order valence-electron chi connectivity index (χ0n) is 17.2. The summed E-state index contributed by atoms with van der Waals surface area (Å²) in [6.45, 7) is 2.60. The zero-order valence-corrected chi connectivity index (χ0v) is 18.7. The number of carbonyl (C=O) groups is 2. The first-order valence-corrected chi connectivity index (χ1v) is 11.6. The van der Waals surface area contributed by atoms with Crippen molar-refractivity contribution in [3.05, 3.63) is 100 Å². The number of amides is 2. The van der Waals surface area contributed by atoms with Crippen LogP contribution in [0, 0.1) is 0 Å². The molecule has 0 spiro atoms. The number of para-hydroxylation sites is 1. The Hall–Kier alpha value is -2.76. The monoisotopic (exact) mass is 450 g/mol. The van der Waals surface area contributed by atoms with E-state index in [1.54, 1.807) is 11.8 Å². The van der Waals surface area contributed by atoms with Crippen molar-refractivity contribution in [2.75, 3.05) is 11.1 Å². The van der Waals surface area contributed by atoms with Crippen molar-refractivity contribution >= 4 is 40.9 Å². The van der Waals surface area contributed by atoms with Crippen molar-refractivity contribution in [2.45, 2.75) is 25.3 Å². The van der Waals surface area contributed by atoms with E-state index in [0.717, 1.165) is 28.8 Å². The average molecular weight is 451 g/mol. The van der Waals surface area contributed by atoms with Crippen LogP contribution in [0.15, 0.2) is 72.8 Å². The van der Waals surface area contributed by atoms with Crippen LogP contribution in [-0.4, -0.2) is 22.5 Å². The van der Waals surface area contributed by atoms with Crippen LogP contribution >= 0.6 is 23.4 Å². The molecule has 1 fully saturated rings. The van der Waals surface area contributed by atoms with E-state index in [0.29, 0.717) is 22.9 Å². The molecule has 0 radical (unpaired) electrons. The van der Waals surface area contributed by atoms with E-state index < -0.39 is 0 Å². The third-order valence-corrected chi connectivity index (χ3v) is 6.85. The number of carbonyl (C=O) groups excluding carboxylic acids is 2. The van der Waals surface area contributed by atoms with E-state index in [9.17, 15) is 9.59 Å². The van der Waals surface area contributed by atoms with Gasteiger partial charge in [0.15, 0.2) is 0 Å². The fourth-order valence-corrected chi connectivity index (χ4v) is 4.95. The van der Waals surface area contributed by atoms with E-state index in [4.69, 9.17) is 11.6 Å². The number of anilines is 1. The molecule has 1 aliphatic heterocycles. The summed E-state index contributed by atoms with van der Waals surface area (Å²) in [6.07, 6.45) is 0.853. The molecule has 0 aliphatic carbocycles. The van der Waals surface area contributed by atoms with Crippen LogP contribution < -0.4 is 5.32 Å². The molecule has 3 aromatic carbocycles. The maximum atomic E-state index is 12.7. The fourth-order valence-electron chi connectivity index (χ4n) is 3.63. The molecule has 6 heteroatoms. The Morgan fingerprint density at radius 3 is 2.48 bits per heavy atom. The molecular formula is C25H23ClN2O2S. The number of thioether (sulfide) groups is 1. The quantitative estimate of drug-likeness (QED) is 0.506. The van der Waals surface area contributed by atoms with Gasteiger partial charge in [0.05, 0.1) is 5.75 Å². The molecule has 31 heavy (non-hydrogen) atoms. The van der Waals surface area contributed by atoms with Gasteiger partial charge in [-0.05, 0) is 53.4 Å². The van der Waals surface area contributed by atoms with Crippen LogP contribution in [0.3, 0.4) is 0 Å². The largest absolute Gasteiger partial charge is 0.322 e. The molecular weight excluding hydrogens is 428 g/mol. The highest BCUT2D eigenvalue weighted by Gasteiger charge is 2.32. The SMILES string of the molecule is CCc1ccccc1NC(=O)c1ccc([C@H]2SCC(=O)N2Cc2ccc(Cl)cc2)cc1. The predicted octanol–water partition coefficient (Wildman–Crippen LogP) is 5.93. The Morgan fingerprint density at radius 1 is 1.06 bits per heavy atom. The number of rotatable bonds is 6. The van der Waals surface area contributed by atoms with Crippen LogP contribution in [-0.2, 0) is 17.8 Å². The smallest absolute Gasteiger partial charge is 0.255 e. The minimum absolute atomic E-state index is 0.0684. The average Bonchev–Trinajstić information content (AvgIpc) is 3.16. The highest BCUT2D eigenvalue weighted by atomic mass is 35.5. The van der Waals surface area contributed by atoms with Gasteiger partial charge >= 0.3 is 0 Å². The number of hydrogen-bond acceptors (Lipinski definition) is 3. The summed E-state index contributed by atoms with van der Waals surface area (Å²) in [5, 5.41) is 3.61. The molecule has 4 nitrogen and oxygen atoms in total. The van der Waals surface area contributed by atoms with Crippen molar-refractivity contribution in [1.82, 2.24) is 4.90 Å². The van der Waals surface area contributed by atoms with E-state index in [2.05, 4.69) is 12.2 Å². The maximum Gasteiger partial charge on any atom is 0.255 e. The lowest BCUT2D eigenvalue weighted by atomic mass is 10.1. The number of aryl methyl sites for hydroxylation is 1. The molecule has 4 rings (SSSR count). The molecule has 1 atom stereocenters. The van der Waals surface area contributed by atoms with Gasteiger partial charge in [-0.3, -0.25) is 9.59 Å². The molecule has 0 saturated carbocycles. The van der Waals surface area contributed by atoms with Crippen molar-refractivity contribution < 1.29 is 9.59 Å². The molecule has 0 unspecified atom stereocenters. The lowest BCUT2D eigenvalue weighted by Gasteiger charge is -2.24. The summed E-state index contributed by atoms with van der Waals surface area (Å²) in [5.74, 6) is 0.428. The van der Waals surface area contributed by atoms with Gasteiger partial charge in [-0.2, -0.15) is 0 Å². The standard InChI is InChI=1S/C25H23ClN2O2S/c1-2-18-5-3-4-6-22(18)27-24(30)19-9-11-20(12-10-19)25-28(23(29)16-31-25)15-17-7-13-21(26)14-8-17/h3-14,25H,2,15-16H2,1H3,(H,27,30)/t25-/m1/s1. The molecule has 2 amide bonds. The van der Waals surface area contributed by atoms with E-state index in [-0.39, 0.29) is 17.2 Å². The number of halogens is 1. The van der Waals surface area contributed by atoms with Crippen molar-refractivity contribution in [3.8, 4) is 0 Å². The van der Waals surface area contributed by atoms with E-state index in [1.807, 2.05) is 77.7 Å². The molecule has 1 heterocycles. The van der Waals surface area contributed by atoms with Crippen LogP contribution in [0.2, 0.25) is 5.02 Å².